The highest BCUT2D eigenvalue weighted by Crippen LogP contribution is 2.34. The van der Waals surface area contributed by atoms with Gasteiger partial charge >= 0.3 is 6.01 Å². The smallest absolute Gasteiger partial charge is 0.323 e. The van der Waals surface area contributed by atoms with Crippen molar-refractivity contribution >= 4 is 11.9 Å². The Labute approximate surface area is 120 Å². The highest BCUT2D eigenvalue weighted by atomic mass is 16.5. The van der Waals surface area contributed by atoms with Crippen LogP contribution in [-0.2, 0) is 0 Å². The van der Waals surface area contributed by atoms with Gasteiger partial charge in [0, 0.05) is 13.1 Å². The third-order valence-electron chi connectivity index (χ3n) is 3.41. The van der Waals surface area contributed by atoms with E-state index in [1.807, 2.05) is 0 Å². The Balaban J connectivity index is 2.03. The Hall–Kier alpha value is -1.59. The number of aromatic nitrogens is 3. The first kappa shape index (κ1) is 14.8. The summed E-state index contributed by atoms with van der Waals surface area (Å²) in [5.74, 6) is 2.02. The fraction of sp³-hybridized carbons (Fsp3) is 0.786. The molecule has 0 radical (unpaired) electrons. The summed E-state index contributed by atoms with van der Waals surface area (Å²) < 4.78 is 5.50. The quantitative estimate of drug-likeness (QED) is 0.724. The number of nitrogens with zero attached hydrogens (tertiary/aromatic N) is 3. The molecule has 0 aliphatic heterocycles. The van der Waals surface area contributed by atoms with Crippen LogP contribution in [0.2, 0.25) is 0 Å². The Kier molecular flexibility index (Phi) is 5.38. The van der Waals surface area contributed by atoms with E-state index in [4.69, 9.17) is 4.74 Å². The number of rotatable bonds is 9. The summed E-state index contributed by atoms with van der Waals surface area (Å²) in [5.41, 5.74) is 0. The van der Waals surface area contributed by atoms with Crippen LogP contribution >= 0.6 is 0 Å². The largest absolute Gasteiger partial charge is 0.463 e. The molecule has 6 heteroatoms. The lowest BCUT2D eigenvalue weighted by molar-refractivity contribution is 0.292. The van der Waals surface area contributed by atoms with Crippen molar-refractivity contribution in [2.24, 2.45) is 5.92 Å². The molecule has 1 aromatic heterocycles. The number of anilines is 2. The fourth-order valence-electron chi connectivity index (χ4n) is 2.06. The zero-order valence-corrected chi connectivity index (χ0v) is 12.6. The van der Waals surface area contributed by atoms with E-state index in [0.717, 1.165) is 18.8 Å². The average molecular weight is 279 g/mol. The van der Waals surface area contributed by atoms with Crippen LogP contribution in [0, 0.1) is 5.92 Å². The molecule has 20 heavy (non-hydrogen) atoms. The summed E-state index contributed by atoms with van der Waals surface area (Å²) in [6.45, 7) is 4.86. The molecule has 1 aromatic rings. The molecule has 0 saturated heterocycles. The normalized spacial score (nSPS) is 15.8. The molecule has 1 unspecified atom stereocenters. The summed E-state index contributed by atoms with van der Waals surface area (Å²) >= 11 is 0. The van der Waals surface area contributed by atoms with E-state index in [-0.39, 0.29) is 0 Å². The first-order valence-corrected chi connectivity index (χ1v) is 7.58. The second-order valence-corrected chi connectivity index (χ2v) is 5.29. The Morgan fingerprint density at radius 2 is 1.95 bits per heavy atom. The van der Waals surface area contributed by atoms with Crippen molar-refractivity contribution in [1.82, 2.24) is 15.0 Å². The number of ether oxygens (including phenoxy) is 1. The zero-order chi connectivity index (χ0) is 14.4. The lowest BCUT2D eigenvalue weighted by Crippen LogP contribution is -2.21. The van der Waals surface area contributed by atoms with E-state index in [2.05, 4.69) is 39.4 Å². The predicted octanol–water partition coefficient (Wildman–Crippen LogP) is 2.69. The van der Waals surface area contributed by atoms with Crippen molar-refractivity contribution in [1.29, 1.82) is 0 Å². The molecular formula is C14H25N5O. The van der Waals surface area contributed by atoms with E-state index < -0.39 is 0 Å². The Morgan fingerprint density at radius 3 is 2.55 bits per heavy atom. The summed E-state index contributed by atoms with van der Waals surface area (Å²) in [5, 5.41) is 6.36. The van der Waals surface area contributed by atoms with E-state index in [1.165, 1.54) is 19.3 Å². The van der Waals surface area contributed by atoms with Crippen LogP contribution in [0.15, 0.2) is 0 Å². The van der Waals surface area contributed by atoms with Crippen LogP contribution in [0.3, 0.4) is 0 Å². The Morgan fingerprint density at radius 1 is 1.20 bits per heavy atom. The molecule has 0 amide bonds. The van der Waals surface area contributed by atoms with Gasteiger partial charge in [-0.05, 0) is 25.2 Å². The van der Waals surface area contributed by atoms with Gasteiger partial charge in [0.05, 0.1) is 6.61 Å². The maximum absolute atomic E-state index is 5.50. The molecule has 1 saturated carbocycles. The summed E-state index contributed by atoms with van der Waals surface area (Å²) in [4.78, 5) is 12.9. The maximum atomic E-state index is 5.50. The van der Waals surface area contributed by atoms with Gasteiger partial charge in [-0.2, -0.15) is 15.0 Å². The number of nitrogens with one attached hydrogen (secondary N) is 2. The molecule has 2 N–H and O–H groups in total. The van der Waals surface area contributed by atoms with Crippen LogP contribution in [0.25, 0.3) is 0 Å². The minimum absolute atomic E-state index is 0.384. The van der Waals surface area contributed by atoms with Gasteiger partial charge in [0.15, 0.2) is 0 Å². The first-order chi connectivity index (χ1) is 9.75. The lowest BCUT2D eigenvalue weighted by Gasteiger charge is -2.17. The topological polar surface area (TPSA) is 72.0 Å². The Bertz CT molecular complexity index is 422. The van der Waals surface area contributed by atoms with Crippen LogP contribution in [-0.4, -0.2) is 34.6 Å². The van der Waals surface area contributed by atoms with E-state index in [1.54, 1.807) is 7.05 Å². The van der Waals surface area contributed by atoms with Gasteiger partial charge in [-0.15, -0.1) is 0 Å². The van der Waals surface area contributed by atoms with Gasteiger partial charge in [0.2, 0.25) is 11.9 Å². The second kappa shape index (κ2) is 7.26. The predicted molar refractivity (Wildman–Crippen MR) is 80.2 cm³/mol. The van der Waals surface area contributed by atoms with Gasteiger partial charge in [-0.3, -0.25) is 0 Å². The molecule has 1 aliphatic rings. The summed E-state index contributed by atoms with van der Waals surface area (Å²) in [6.07, 6.45) is 5.93. The van der Waals surface area contributed by atoms with Crippen molar-refractivity contribution < 1.29 is 4.74 Å². The molecular weight excluding hydrogens is 254 g/mol. The van der Waals surface area contributed by atoms with Crippen molar-refractivity contribution in [2.75, 3.05) is 24.3 Å². The van der Waals surface area contributed by atoms with Crippen LogP contribution in [0.1, 0.15) is 46.0 Å². The standard InChI is InChI=1S/C14H25N5O/c1-4-8-20-14-18-12(15-3)17-13(19-14)16-11(5-2)9-10-6-7-10/h10-11H,4-9H2,1-3H3,(H2,15,16,17,18,19). The van der Waals surface area contributed by atoms with Crippen molar-refractivity contribution in [3.63, 3.8) is 0 Å². The molecule has 0 bridgehead atoms. The van der Waals surface area contributed by atoms with Gasteiger partial charge in [0.1, 0.15) is 0 Å². The van der Waals surface area contributed by atoms with Crippen molar-refractivity contribution in [3.8, 4) is 6.01 Å². The highest BCUT2D eigenvalue weighted by Gasteiger charge is 2.25. The third kappa shape index (κ3) is 4.51. The molecule has 1 fully saturated rings. The van der Waals surface area contributed by atoms with Crippen LogP contribution < -0.4 is 15.4 Å². The molecule has 112 valence electrons. The molecule has 1 atom stereocenters. The molecule has 0 aromatic carbocycles. The molecule has 2 rings (SSSR count). The third-order valence-corrected chi connectivity index (χ3v) is 3.41. The van der Waals surface area contributed by atoms with E-state index in [9.17, 15) is 0 Å². The van der Waals surface area contributed by atoms with Crippen LogP contribution in [0.4, 0.5) is 11.9 Å². The SMILES string of the molecule is CCCOc1nc(NC)nc(NC(CC)CC2CC2)n1. The monoisotopic (exact) mass is 279 g/mol. The summed E-state index contributed by atoms with van der Waals surface area (Å²) in [6, 6.07) is 0.809. The maximum Gasteiger partial charge on any atom is 0.323 e. The van der Waals surface area contributed by atoms with Crippen molar-refractivity contribution in [2.45, 2.75) is 52.0 Å². The molecule has 1 aliphatic carbocycles. The number of hydrogen-bond acceptors (Lipinski definition) is 6. The van der Waals surface area contributed by atoms with Gasteiger partial charge in [-0.25, -0.2) is 0 Å². The minimum Gasteiger partial charge on any atom is -0.463 e. The summed E-state index contributed by atoms with van der Waals surface area (Å²) in [7, 11) is 1.80. The van der Waals surface area contributed by atoms with E-state index in [0.29, 0.717) is 30.6 Å². The molecule has 0 spiro atoms. The van der Waals surface area contributed by atoms with Gasteiger partial charge in [-0.1, -0.05) is 26.7 Å². The highest BCUT2D eigenvalue weighted by molar-refractivity contribution is 5.36. The second-order valence-electron chi connectivity index (χ2n) is 5.29. The zero-order valence-electron chi connectivity index (χ0n) is 12.6. The van der Waals surface area contributed by atoms with Gasteiger partial charge < -0.3 is 15.4 Å². The van der Waals surface area contributed by atoms with Crippen LogP contribution in [0.5, 0.6) is 6.01 Å². The molecule has 6 nitrogen and oxygen atoms in total. The average Bonchev–Trinajstić information content (AvgIpc) is 3.28. The molecule has 1 heterocycles. The first-order valence-electron chi connectivity index (χ1n) is 7.58. The number of hydrogen-bond donors (Lipinski definition) is 2. The minimum atomic E-state index is 0.384. The fourth-order valence-corrected chi connectivity index (χ4v) is 2.06. The lowest BCUT2D eigenvalue weighted by atomic mass is 10.1. The van der Waals surface area contributed by atoms with E-state index >= 15 is 0 Å². The van der Waals surface area contributed by atoms with Gasteiger partial charge in [0.25, 0.3) is 0 Å². The van der Waals surface area contributed by atoms with Crippen molar-refractivity contribution in [3.05, 3.63) is 0 Å².